The number of thioether (sulfide) groups is 1. The molecule has 0 spiro atoms. The summed E-state index contributed by atoms with van der Waals surface area (Å²) in [6.45, 7) is 0. The van der Waals surface area contributed by atoms with Gasteiger partial charge in [0.25, 0.3) is 0 Å². The first-order valence-corrected chi connectivity index (χ1v) is 9.79. The van der Waals surface area contributed by atoms with Gasteiger partial charge >= 0.3 is 0 Å². The fraction of sp³-hybridized carbons (Fsp3) is 0.125. The lowest BCUT2D eigenvalue weighted by atomic mass is 10.2. The Labute approximate surface area is 168 Å². The minimum atomic E-state index is -0.352. The van der Waals surface area contributed by atoms with Crippen molar-refractivity contribution >= 4 is 58.8 Å². The van der Waals surface area contributed by atoms with E-state index in [1.165, 1.54) is 12.1 Å². The normalized spacial score (nSPS) is 11.0. The molecule has 2 aromatic carbocycles. The molecule has 1 heterocycles. The van der Waals surface area contributed by atoms with Crippen molar-refractivity contribution in [2.45, 2.75) is 11.5 Å². The zero-order valence-corrected chi connectivity index (χ0v) is 16.5. The molecule has 0 amide bonds. The Bertz CT molecular complexity index is 971. The van der Waals surface area contributed by atoms with Gasteiger partial charge in [-0.15, -0.1) is 11.8 Å². The Morgan fingerprint density at radius 2 is 1.92 bits per heavy atom. The largest absolute Gasteiger partial charge is 0.270 e. The highest BCUT2D eigenvalue weighted by molar-refractivity contribution is 7.97. The Kier molecular flexibility index (Phi) is 6.07. The molecule has 130 valence electrons. The highest BCUT2D eigenvalue weighted by atomic mass is 35.5. The van der Waals surface area contributed by atoms with Crippen molar-refractivity contribution in [3.8, 4) is 5.69 Å². The number of aromatic nitrogens is 3. The summed E-state index contributed by atoms with van der Waals surface area (Å²) in [7, 11) is 0. The second kappa shape index (κ2) is 8.10. The second-order valence-corrected chi connectivity index (χ2v) is 7.65. The number of H-pyrrole nitrogens is 1. The maximum absolute atomic E-state index is 13.1. The molecule has 0 bridgehead atoms. The van der Waals surface area contributed by atoms with Crippen LogP contribution in [0.5, 0.6) is 0 Å². The summed E-state index contributed by atoms with van der Waals surface area (Å²) in [4.78, 5) is 0. The zero-order valence-electron chi connectivity index (χ0n) is 12.6. The van der Waals surface area contributed by atoms with Gasteiger partial charge in [0, 0.05) is 10.8 Å². The lowest BCUT2D eigenvalue weighted by Gasteiger charge is -2.10. The van der Waals surface area contributed by atoms with Crippen LogP contribution in [-0.2, 0) is 11.5 Å². The highest BCUT2D eigenvalue weighted by Crippen LogP contribution is 2.30. The van der Waals surface area contributed by atoms with Crippen molar-refractivity contribution in [3.05, 3.63) is 73.4 Å². The molecule has 0 aliphatic carbocycles. The summed E-state index contributed by atoms with van der Waals surface area (Å²) in [5, 5.41) is 8.30. The number of rotatable bonds is 5. The van der Waals surface area contributed by atoms with Gasteiger partial charge in [0.05, 0.1) is 21.5 Å². The molecule has 3 nitrogen and oxygen atoms in total. The van der Waals surface area contributed by atoms with E-state index in [0.717, 1.165) is 5.56 Å². The molecule has 0 unspecified atom stereocenters. The average Bonchev–Trinajstić information content (AvgIpc) is 2.93. The molecule has 0 aliphatic heterocycles. The molecule has 9 heteroatoms. The number of nitrogens with one attached hydrogen (secondary N) is 1. The minimum Gasteiger partial charge on any atom is -0.270 e. The Balaban J connectivity index is 1.80. The summed E-state index contributed by atoms with van der Waals surface area (Å²) >= 11 is 25.3. The van der Waals surface area contributed by atoms with Crippen molar-refractivity contribution < 1.29 is 4.39 Å². The first-order chi connectivity index (χ1) is 12.0. The summed E-state index contributed by atoms with van der Waals surface area (Å²) < 4.78 is 15.3. The molecule has 0 atom stereocenters. The molecule has 0 radical (unpaired) electrons. The average molecular weight is 435 g/mol. The van der Waals surface area contributed by atoms with E-state index in [4.69, 9.17) is 47.0 Å². The van der Waals surface area contributed by atoms with Crippen LogP contribution in [-0.4, -0.2) is 14.8 Å². The number of nitrogens with zero attached hydrogens (tertiary/aromatic N) is 2. The van der Waals surface area contributed by atoms with Crippen LogP contribution in [0.2, 0.25) is 15.1 Å². The molecule has 3 rings (SSSR count). The van der Waals surface area contributed by atoms with Gasteiger partial charge in [0.2, 0.25) is 0 Å². The van der Waals surface area contributed by atoms with E-state index >= 15 is 0 Å². The minimum absolute atomic E-state index is 0.352. The maximum Gasteiger partial charge on any atom is 0.199 e. The van der Waals surface area contributed by atoms with Crippen LogP contribution < -0.4 is 0 Å². The van der Waals surface area contributed by atoms with E-state index in [0.29, 0.717) is 42.9 Å². The van der Waals surface area contributed by atoms with Crippen molar-refractivity contribution in [1.29, 1.82) is 0 Å². The van der Waals surface area contributed by atoms with Gasteiger partial charge in [-0.25, -0.2) is 4.39 Å². The number of hydrogen-bond donors (Lipinski definition) is 1. The highest BCUT2D eigenvalue weighted by Gasteiger charge is 2.13. The summed E-state index contributed by atoms with van der Waals surface area (Å²) in [6, 6.07) is 9.71. The van der Waals surface area contributed by atoms with E-state index in [9.17, 15) is 4.39 Å². The van der Waals surface area contributed by atoms with Crippen molar-refractivity contribution in [1.82, 2.24) is 14.8 Å². The van der Waals surface area contributed by atoms with E-state index in [1.54, 1.807) is 34.5 Å². The SMILES string of the molecule is Fc1ccc(CSCc2n[nH]c(=S)n2-c2cccc(Cl)c2Cl)c(Cl)c1. The first kappa shape index (κ1) is 18.7. The number of benzene rings is 2. The lowest BCUT2D eigenvalue weighted by molar-refractivity contribution is 0.627. The fourth-order valence-electron chi connectivity index (χ4n) is 2.23. The molecular weight excluding hydrogens is 424 g/mol. The summed E-state index contributed by atoms with van der Waals surface area (Å²) in [6.07, 6.45) is 0. The van der Waals surface area contributed by atoms with Crippen LogP contribution in [0, 0.1) is 10.6 Å². The molecular formula is C16H11Cl3FN3S2. The molecule has 1 N–H and O–H groups in total. The molecule has 1 aromatic heterocycles. The predicted octanol–water partition coefficient (Wildman–Crippen LogP) is 6.46. The Hall–Kier alpha value is -1.05. The zero-order chi connectivity index (χ0) is 18.0. The van der Waals surface area contributed by atoms with Gasteiger partial charge in [-0.2, -0.15) is 5.10 Å². The summed E-state index contributed by atoms with van der Waals surface area (Å²) in [5.41, 5.74) is 1.53. The lowest BCUT2D eigenvalue weighted by Crippen LogP contribution is -2.01. The molecule has 25 heavy (non-hydrogen) atoms. The van der Waals surface area contributed by atoms with Crippen molar-refractivity contribution in [2.24, 2.45) is 0 Å². The second-order valence-electron chi connectivity index (χ2n) is 5.08. The van der Waals surface area contributed by atoms with Gasteiger partial charge in [-0.1, -0.05) is 46.9 Å². The first-order valence-electron chi connectivity index (χ1n) is 7.09. The van der Waals surface area contributed by atoms with E-state index in [1.807, 2.05) is 6.07 Å². The van der Waals surface area contributed by atoms with Crippen LogP contribution in [0.3, 0.4) is 0 Å². The molecule has 0 aliphatic rings. The van der Waals surface area contributed by atoms with Crippen LogP contribution in [0.15, 0.2) is 36.4 Å². The quantitative estimate of drug-likeness (QED) is 0.468. The van der Waals surface area contributed by atoms with Crippen LogP contribution in [0.4, 0.5) is 4.39 Å². The third-order valence-electron chi connectivity index (χ3n) is 3.42. The van der Waals surface area contributed by atoms with E-state index in [-0.39, 0.29) is 5.82 Å². The molecule has 3 aromatic rings. The maximum atomic E-state index is 13.1. The number of halogens is 4. The smallest absolute Gasteiger partial charge is 0.199 e. The number of aromatic amines is 1. The third-order valence-corrected chi connectivity index (χ3v) is 5.83. The van der Waals surface area contributed by atoms with E-state index < -0.39 is 0 Å². The van der Waals surface area contributed by atoms with Crippen LogP contribution >= 0.6 is 58.8 Å². The standard InChI is InChI=1S/C16H11Cl3FN3S2/c17-11-2-1-3-13(15(11)19)23-14(21-22-16(23)24)8-25-7-9-4-5-10(20)6-12(9)18/h1-6H,7-8H2,(H,22,24). The van der Waals surface area contributed by atoms with Crippen molar-refractivity contribution in [3.63, 3.8) is 0 Å². The molecule has 0 saturated carbocycles. The molecule has 0 fully saturated rings. The third kappa shape index (κ3) is 4.20. The van der Waals surface area contributed by atoms with Crippen LogP contribution in [0.25, 0.3) is 5.69 Å². The molecule has 0 saturated heterocycles. The predicted molar refractivity (Wildman–Crippen MR) is 105 cm³/mol. The Morgan fingerprint density at radius 1 is 1.12 bits per heavy atom. The van der Waals surface area contributed by atoms with Gasteiger partial charge in [-0.3, -0.25) is 9.67 Å². The fourth-order valence-corrected chi connectivity index (χ4v) is 4.12. The van der Waals surface area contributed by atoms with Gasteiger partial charge in [-0.05, 0) is 42.0 Å². The van der Waals surface area contributed by atoms with Gasteiger partial charge in [0.15, 0.2) is 4.77 Å². The Morgan fingerprint density at radius 3 is 2.68 bits per heavy atom. The number of hydrogen-bond acceptors (Lipinski definition) is 3. The van der Waals surface area contributed by atoms with E-state index in [2.05, 4.69) is 10.2 Å². The van der Waals surface area contributed by atoms with Gasteiger partial charge < -0.3 is 0 Å². The summed E-state index contributed by atoms with van der Waals surface area (Å²) in [5.74, 6) is 1.53. The topological polar surface area (TPSA) is 33.6 Å². The van der Waals surface area contributed by atoms with Crippen LogP contribution in [0.1, 0.15) is 11.4 Å². The van der Waals surface area contributed by atoms with Crippen molar-refractivity contribution in [2.75, 3.05) is 0 Å². The monoisotopic (exact) mass is 433 g/mol. The van der Waals surface area contributed by atoms with Gasteiger partial charge in [0.1, 0.15) is 11.6 Å².